The maximum absolute atomic E-state index is 2.42. The van der Waals surface area contributed by atoms with Crippen molar-refractivity contribution < 1.29 is 0 Å². The van der Waals surface area contributed by atoms with Crippen LogP contribution in [0.1, 0.15) is 22.3 Å². The molecule has 2 aliphatic heterocycles. The first kappa shape index (κ1) is 8.14. The molecule has 0 N–H and O–H groups in total. The van der Waals surface area contributed by atoms with E-state index < -0.39 is 0 Å². The van der Waals surface area contributed by atoms with Crippen molar-refractivity contribution >= 4 is 41.8 Å². The van der Waals surface area contributed by atoms with Crippen molar-refractivity contribution in [2.45, 2.75) is 17.9 Å². The van der Waals surface area contributed by atoms with Gasteiger partial charge in [-0.15, -0.1) is 0 Å². The van der Waals surface area contributed by atoms with E-state index in [0.29, 0.717) is 41.8 Å². The van der Waals surface area contributed by atoms with E-state index in [2.05, 4.69) is 12.1 Å². The molecule has 0 atom stereocenters. The van der Waals surface area contributed by atoms with Crippen LogP contribution in [0.2, 0.25) is 0 Å². The molecule has 0 bridgehead atoms. The zero-order valence-corrected chi connectivity index (χ0v) is 11.5. The summed E-state index contributed by atoms with van der Waals surface area (Å²) in [5, 5.41) is 0. The molecule has 0 saturated carbocycles. The topological polar surface area (TPSA) is 0 Å². The molecule has 1 aromatic rings. The van der Waals surface area contributed by atoms with Crippen LogP contribution in [0.25, 0.3) is 0 Å². The van der Waals surface area contributed by atoms with Crippen molar-refractivity contribution in [3.63, 3.8) is 0 Å². The summed E-state index contributed by atoms with van der Waals surface area (Å²) in [6.07, 6.45) is 0. The maximum atomic E-state index is 2.42. The van der Waals surface area contributed by atoms with Crippen molar-refractivity contribution in [2.24, 2.45) is 0 Å². The summed E-state index contributed by atoms with van der Waals surface area (Å²) < 4.78 is 5.98. The van der Waals surface area contributed by atoms with Crippen LogP contribution in [0.3, 0.4) is 0 Å². The molecule has 2 aliphatic rings. The molecule has 2 heteroatoms. The molecule has 0 aliphatic carbocycles. The molecule has 1 aromatic carbocycles. The fourth-order valence-corrected chi connectivity index (χ4v) is 8.55. The first-order valence-electron chi connectivity index (χ1n) is 4.23. The van der Waals surface area contributed by atoms with Crippen LogP contribution in [0, 0.1) is 0 Å². The molecular formula is C10H10Te2. The average molecular weight is 385 g/mol. The monoisotopic (exact) mass is 390 g/mol. The Labute approximate surface area is 93.3 Å². The van der Waals surface area contributed by atoms with Crippen LogP contribution >= 0.6 is 0 Å². The molecule has 0 saturated heterocycles. The Morgan fingerprint density at radius 1 is 0.750 bits per heavy atom. The van der Waals surface area contributed by atoms with E-state index in [0.717, 1.165) is 0 Å². The van der Waals surface area contributed by atoms with Gasteiger partial charge < -0.3 is 0 Å². The first-order valence-corrected chi connectivity index (χ1v) is 10.8. The number of benzene rings is 1. The Hall–Kier alpha value is 0.799. The van der Waals surface area contributed by atoms with Crippen LogP contribution in [0.15, 0.2) is 12.1 Å². The number of rotatable bonds is 0. The third-order valence-electron chi connectivity index (χ3n) is 2.63. The molecule has 0 fully saturated rings. The summed E-state index contributed by atoms with van der Waals surface area (Å²) in [6, 6.07) is 4.84. The van der Waals surface area contributed by atoms with Gasteiger partial charge in [-0.25, -0.2) is 0 Å². The molecular weight excluding hydrogens is 375 g/mol. The van der Waals surface area contributed by atoms with Crippen LogP contribution in [-0.2, 0) is 17.9 Å². The number of hydrogen-bond acceptors (Lipinski definition) is 0. The van der Waals surface area contributed by atoms with Gasteiger partial charge in [-0.05, 0) is 0 Å². The fraction of sp³-hybridized carbons (Fsp3) is 0.400. The molecule has 12 heavy (non-hydrogen) atoms. The van der Waals surface area contributed by atoms with Gasteiger partial charge in [0, 0.05) is 0 Å². The van der Waals surface area contributed by atoms with Crippen molar-refractivity contribution in [1.82, 2.24) is 0 Å². The van der Waals surface area contributed by atoms with E-state index in [1.807, 2.05) is 11.1 Å². The second kappa shape index (κ2) is 3.18. The van der Waals surface area contributed by atoms with Gasteiger partial charge in [0.25, 0.3) is 0 Å². The minimum atomic E-state index is 0.357. The molecule has 0 nitrogen and oxygen atoms in total. The Balaban J connectivity index is 2.24. The average Bonchev–Trinajstić information content (AvgIpc) is 2.71. The normalized spacial score (nSPS) is 19.3. The Morgan fingerprint density at radius 3 is 1.75 bits per heavy atom. The summed E-state index contributed by atoms with van der Waals surface area (Å²) in [7, 11) is 0. The van der Waals surface area contributed by atoms with Crippen molar-refractivity contribution in [3.8, 4) is 0 Å². The van der Waals surface area contributed by atoms with E-state index in [4.69, 9.17) is 0 Å². The summed E-state index contributed by atoms with van der Waals surface area (Å²) in [5.74, 6) is 0. The Morgan fingerprint density at radius 2 is 1.25 bits per heavy atom. The van der Waals surface area contributed by atoms with E-state index in [-0.39, 0.29) is 0 Å². The Kier molecular flexibility index (Phi) is 2.16. The first-order chi connectivity index (χ1) is 5.95. The zero-order valence-electron chi connectivity index (χ0n) is 6.80. The van der Waals surface area contributed by atoms with E-state index in [9.17, 15) is 0 Å². The van der Waals surface area contributed by atoms with Gasteiger partial charge in [0.1, 0.15) is 0 Å². The SMILES string of the molecule is c1cc2c(c3c1C[Te]C3)C[Te]C2. The van der Waals surface area contributed by atoms with Gasteiger partial charge in [-0.2, -0.15) is 0 Å². The van der Waals surface area contributed by atoms with Gasteiger partial charge >= 0.3 is 94.1 Å². The quantitative estimate of drug-likeness (QED) is 0.588. The fourth-order valence-electron chi connectivity index (χ4n) is 1.95. The molecule has 62 valence electrons. The molecule has 2 heterocycles. The van der Waals surface area contributed by atoms with E-state index in [1.54, 1.807) is 11.1 Å². The molecule has 0 amide bonds. The third kappa shape index (κ3) is 1.17. The summed E-state index contributed by atoms with van der Waals surface area (Å²) in [4.78, 5) is 0. The Bertz CT molecular complexity index is 298. The number of hydrogen-bond donors (Lipinski definition) is 0. The summed E-state index contributed by atoms with van der Waals surface area (Å²) in [5.41, 5.74) is 7.09. The second-order valence-electron chi connectivity index (χ2n) is 3.33. The predicted octanol–water partition coefficient (Wildman–Crippen LogP) is 1.12. The summed E-state index contributed by atoms with van der Waals surface area (Å²) in [6.45, 7) is 0. The van der Waals surface area contributed by atoms with E-state index in [1.165, 1.54) is 17.9 Å². The molecule has 0 radical (unpaired) electrons. The summed E-state index contributed by atoms with van der Waals surface area (Å²) >= 11 is 0.714. The van der Waals surface area contributed by atoms with Crippen molar-refractivity contribution in [2.75, 3.05) is 0 Å². The minimum absolute atomic E-state index is 0.357. The molecule has 0 spiro atoms. The zero-order chi connectivity index (χ0) is 7.97. The third-order valence-corrected chi connectivity index (χ3v) is 8.39. The van der Waals surface area contributed by atoms with Gasteiger partial charge in [0.2, 0.25) is 0 Å². The van der Waals surface area contributed by atoms with Gasteiger partial charge in [0.15, 0.2) is 0 Å². The van der Waals surface area contributed by atoms with Gasteiger partial charge in [-0.1, -0.05) is 0 Å². The van der Waals surface area contributed by atoms with Crippen LogP contribution in [-0.4, -0.2) is 41.8 Å². The molecule has 0 unspecified atom stereocenters. The van der Waals surface area contributed by atoms with Crippen LogP contribution < -0.4 is 0 Å². The van der Waals surface area contributed by atoms with Crippen LogP contribution in [0.5, 0.6) is 0 Å². The van der Waals surface area contributed by atoms with Gasteiger partial charge in [0.05, 0.1) is 0 Å². The number of fused-ring (bicyclic) bond motifs is 3. The predicted molar refractivity (Wildman–Crippen MR) is 52.8 cm³/mol. The standard InChI is InChI=1S/C10H10Te2/c1-2-8-4-12-6-10(8)9-5-11-3-7(1)9/h1-2H,3-6H2. The van der Waals surface area contributed by atoms with Gasteiger partial charge in [-0.3, -0.25) is 0 Å². The van der Waals surface area contributed by atoms with Crippen molar-refractivity contribution in [1.29, 1.82) is 0 Å². The van der Waals surface area contributed by atoms with Crippen LogP contribution in [0.4, 0.5) is 0 Å². The molecule has 3 rings (SSSR count). The second-order valence-corrected chi connectivity index (χ2v) is 8.95. The van der Waals surface area contributed by atoms with E-state index >= 15 is 0 Å². The molecule has 0 aromatic heterocycles. The van der Waals surface area contributed by atoms with Crippen molar-refractivity contribution in [3.05, 3.63) is 34.4 Å².